The SMILES string of the molecule is COc1ccc(-c2[nH]c3ccccc3c2[C@@H](C[N+](=O)[O-])c2ccc(F)cc2)cc1OC. The summed E-state index contributed by atoms with van der Waals surface area (Å²) < 4.78 is 24.3. The molecule has 1 aromatic heterocycles. The Morgan fingerprint density at radius 2 is 1.71 bits per heavy atom. The number of hydrogen-bond donors (Lipinski definition) is 1. The molecule has 4 rings (SSSR count). The lowest BCUT2D eigenvalue weighted by Crippen LogP contribution is -2.14. The van der Waals surface area contributed by atoms with E-state index in [9.17, 15) is 14.5 Å². The van der Waals surface area contributed by atoms with Crippen LogP contribution in [0.2, 0.25) is 0 Å². The molecule has 0 saturated heterocycles. The third-order valence-electron chi connectivity index (χ3n) is 5.37. The molecule has 158 valence electrons. The van der Waals surface area contributed by atoms with Gasteiger partial charge in [-0.15, -0.1) is 0 Å². The number of aromatic nitrogens is 1. The third kappa shape index (κ3) is 3.94. The van der Waals surface area contributed by atoms with Gasteiger partial charge in [0.05, 0.1) is 25.8 Å². The van der Waals surface area contributed by atoms with Crippen molar-refractivity contribution >= 4 is 10.9 Å². The van der Waals surface area contributed by atoms with Crippen molar-refractivity contribution in [1.29, 1.82) is 0 Å². The number of nitro groups is 1. The number of ether oxygens (including phenoxy) is 2. The Balaban J connectivity index is 1.97. The number of fused-ring (bicyclic) bond motifs is 1. The van der Waals surface area contributed by atoms with Gasteiger partial charge in [-0.05, 0) is 47.5 Å². The Morgan fingerprint density at radius 3 is 2.39 bits per heavy atom. The van der Waals surface area contributed by atoms with Crippen LogP contribution in [0.5, 0.6) is 11.5 Å². The van der Waals surface area contributed by atoms with Crippen molar-refractivity contribution in [2.24, 2.45) is 0 Å². The highest BCUT2D eigenvalue weighted by molar-refractivity contribution is 5.92. The Morgan fingerprint density at radius 1 is 1.00 bits per heavy atom. The molecule has 31 heavy (non-hydrogen) atoms. The number of halogens is 1. The standard InChI is InChI=1S/C24H21FN2O4/c1-30-21-12-9-16(13-22(21)31-2)24-23(18-5-3-4-6-20(18)26-24)19(14-27(28)29)15-7-10-17(25)11-8-15/h3-13,19,26H,14H2,1-2H3/t19-/m0/s1. The number of aromatic amines is 1. The van der Waals surface area contributed by atoms with Crippen molar-refractivity contribution in [3.05, 3.63) is 93.8 Å². The first kappa shape index (κ1) is 20.4. The van der Waals surface area contributed by atoms with Crippen LogP contribution >= 0.6 is 0 Å². The molecule has 0 aliphatic heterocycles. The van der Waals surface area contributed by atoms with Crippen LogP contribution < -0.4 is 9.47 Å². The first-order valence-corrected chi connectivity index (χ1v) is 9.72. The number of nitrogens with one attached hydrogen (secondary N) is 1. The summed E-state index contributed by atoms with van der Waals surface area (Å²) >= 11 is 0. The molecule has 0 unspecified atom stereocenters. The van der Waals surface area contributed by atoms with Gasteiger partial charge in [0, 0.05) is 21.4 Å². The van der Waals surface area contributed by atoms with Gasteiger partial charge in [-0.2, -0.15) is 0 Å². The van der Waals surface area contributed by atoms with E-state index in [1.165, 1.54) is 12.1 Å². The van der Waals surface area contributed by atoms with Crippen LogP contribution in [0.3, 0.4) is 0 Å². The van der Waals surface area contributed by atoms with Gasteiger partial charge in [0.25, 0.3) is 0 Å². The molecule has 0 spiro atoms. The minimum absolute atomic E-state index is 0.326. The van der Waals surface area contributed by atoms with E-state index in [2.05, 4.69) is 4.98 Å². The zero-order valence-electron chi connectivity index (χ0n) is 17.1. The minimum atomic E-state index is -0.574. The van der Waals surface area contributed by atoms with Gasteiger partial charge >= 0.3 is 0 Å². The van der Waals surface area contributed by atoms with Crippen molar-refractivity contribution < 1.29 is 18.8 Å². The molecular weight excluding hydrogens is 399 g/mol. The number of para-hydroxylation sites is 1. The maximum Gasteiger partial charge on any atom is 0.214 e. The van der Waals surface area contributed by atoms with Crippen LogP contribution in [0.1, 0.15) is 17.0 Å². The van der Waals surface area contributed by atoms with Crippen LogP contribution in [0.4, 0.5) is 4.39 Å². The Bertz CT molecular complexity index is 1230. The summed E-state index contributed by atoms with van der Waals surface area (Å²) in [5.41, 5.74) is 3.87. The van der Waals surface area contributed by atoms with Crippen molar-refractivity contribution in [1.82, 2.24) is 4.98 Å². The topological polar surface area (TPSA) is 77.4 Å². The molecule has 6 nitrogen and oxygen atoms in total. The van der Waals surface area contributed by atoms with Crippen molar-refractivity contribution in [2.45, 2.75) is 5.92 Å². The van der Waals surface area contributed by atoms with Gasteiger partial charge in [-0.3, -0.25) is 10.1 Å². The molecule has 0 aliphatic rings. The molecule has 1 atom stereocenters. The molecule has 0 radical (unpaired) electrons. The molecular formula is C24H21FN2O4. The molecule has 1 N–H and O–H groups in total. The first-order valence-electron chi connectivity index (χ1n) is 9.72. The van der Waals surface area contributed by atoms with Crippen molar-refractivity contribution in [3.8, 4) is 22.8 Å². The van der Waals surface area contributed by atoms with Crippen molar-refractivity contribution in [2.75, 3.05) is 20.8 Å². The molecule has 0 amide bonds. The molecule has 3 aromatic carbocycles. The summed E-state index contributed by atoms with van der Waals surface area (Å²) in [5, 5.41) is 12.5. The Labute approximate surface area is 178 Å². The smallest absolute Gasteiger partial charge is 0.214 e. The maximum atomic E-state index is 13.5. The summed E-state index contributed by atoms with van der Waals surface area (Å²) in [4.78, 5) is 14.7. The fourth-order valence-electron chi connectivity index (χ4n) is 3.95. The van der Waals surface area contributed by atoms with Crippen LogP contribution in [0.15, 0.2) is 66.7 Å². The quantitative estimate of drug-likeness (QED) is 0.321. The van der Waals surface area contributed by atoms with Crippen LogP contribution in [-0.2, 0) is 0 Å². The lowest BCUT2D eigenvalue weighted by Gasteiger charge is -2.17. The largest absolute Gasteiger partial charge is 0.493 e. The van der Waals surface area contributed by atoms with E-state index >= 15 is 0 Å². The van der Waals surface area contributed by atoms with E-state index in [0.29, 0.717) is 17.1 Å². The average molecular weight is 420 g/mol. The monoisotopic (exact) mass is 420 g/mol. The molecule has 0 aliphatic carbocycles. The van der Waals surface area contributed by atoms with Gasteiger partial charge in [0.2, 0.25) is 6.54 Å². The van der Waals surface area contributed by atoms with E-state index in [-0.39, 0.29) is 17.3 Å². The normalized spacial score (nSPS) is 12.0. The highest BCUT2D eigenvalue weighted by Gasteiger charge is 2.28. The lowest BCUT2D eigenvalue weighted by atomic mass is 9.87. The molecule has 0 bridgehead atoms. The second-order valence-corrected chi connectivity index (χ2v) is 7.15. The summed E-state index contributed by atoms with van der Waals surface area (Å²) in [6.07, 6.45) is 0. The average Bonchev–Trinajstić information content (AvgIpc) is 3.17. The summed E-state index contributed by atoms with van der Waals surface area (Å²) in [6, 6.07) is 19.0. The zero-order valence-corrected chi connectivity index (χ0v) is 17.1. The Kier molecular flexibility index (Phi) is 5.58. The zero-order chi connectivity index (χ0) is 22.0. The summed E-state index contributed by atoms with van der Waals surface area (Å²) in [5.74, 6) is 0.180. The molecule has 7 heteroatoms. The van der Waals surface area contributed by atoms with E-state index in [1.54, 1.807) is 32.4 Å². The highest BCUT2D eigenvalue weighted by atomic mass is 19.1. The summed E-state index contributed by atoms with van der Waals surface area (Å²) in [7, 11) is 3.12. The van der Waals surface area contributed by atoms with Gasteiger partial charge in [-0.1, -0.05) is 30.3 Å². The van der Waals surface area contributed by atoms with Crippen molar-refractivity contribution in [3.63, 3.8) is 0 Å². The first-order chi connectivity index (χ1) is 15.0. The van der Waals surface area contributed by atoms with Crippen LogP contribution in [-0.4, -0.2) is 30.7 Å². The second-order valence-electron chi connectivity index (χ2n) is 7.15. The van der Waals surface area contributed by atoms with Gasteiger partial charge in [-0.25, -0.2) is 4.39 Å². The van der Waals surface area contributed by atoms with Gasteiger partial charge in [0.15, 0.2) is 11.5 Å². The Hall–Kier alpha value is -3.87. The predicted molar refractivity (Wildman–Crippen MR) is 117 cm³/mol. The highest BCUT2D eigenvalue weighted by Crippen LogP contribution is 2.41. The number of nitrogens with zero attached hydrogens (tertiary/aromatic N) is 1. The van der Waals surface area contributed by atoms with E-state index in [4.69, 9.17) is 9.47 Å². The molecule has 0 saturated carbocycles. The number of methoxy groups -OCH3 is 2. The third-order valence-corrected chi connectivity index (χ3v) is 5.37. The fourth-order valence-corrected chi connectivity index (χ4v) is 3.95. The lowest BCUT2D eigenvalue weighted by molar-refractivity contribution is -0.481. The fraction of sp³-hybridized carbons (Fsp3) is 0.167. The number of hydrogen-bond acceptors (Lipinski definition) is 4. The molecule has 4 aromatic rings. The molecule has 0 fully saturated rings. The van der Waals surface area contributed by atoms with Gasteiger partial charge < -0.3 is 14.5 Å². The predicted octanol–water partition coefficient (Wildman–Crippen LogP) is 5.40. The number of benzene rings is 3. The van der Waals surface area contributed by atoms with E-state index in [0.717, 1.165) is 27.7 Å². The maximum absolute atomic E-state index is 13.5. The summed E-state index contributed by atoms with van der Waals surface area (Å²) in [6.45, 7) is -0.326. The number of rotatable bonds is 7. The second kappa shape index (κ2) is 8.47. The van der Waals surface area contributed by atoms with Crippen LogP contribution in [0, 0.1) is 15.9 Å². The van der Waals surface area contributed by atoms with E-state index < -0.39 is 5.92 Å². The van der Waals surface area contributed by atoms with Gasteiger partial charge in [0.1, 0.15) is 5.82 Å². The van der Waals surface area contributed by atoms with E-state index in [1.807, 2.05) is 36.4 Å². The number of H-pyrrole nitrogens is 1. The molecule has 1 heterocycles. The van der Waals surface area contributed by atoms with Crippen LogP contribution in [0.25, 0.3) is 22.2 Å². The minimum Gasteiger partial charge on any atom is -0.493 e.